The third-order valence-corrected chi connectivity index (χ3v) is 4.55. The van der Waals surface area contributed by atoms with Crippen LogP contribution in [0.1, 0.15) is 48.3 Å². The molecule has 0 atom stereocenters. The van der Waals surface area contributed by atoms with Gasteiger partial charge in [-0.25, -0.2) is 9.97 Å². The summed E-state index contributed by atoms with van der Waals surface area (Å²) in [7, 11) is 1.63. The maximum Gasteiger partial charge on any atom is 0.270 e. The van der Waals surface area contributed by atoms with E-state index in [1.807, 2.05) is 31.2 Å². The SMILES string of the molecule is COc1ccc(Nc2nc(C)cc(C(=O)NCCC3=CCCCC3)n2)cc1. The molecule has 142 valence electrons. The van der Waals surface area contributed by atoms with E-state index in [-0.39, 0.29) is 5.91 Å². The maximum absolute atomic E-state index is 12.5. The van der Waals surface area contributed by atoms with Gasteiger partial charge in [-0.1, -0.05) is 11.6 Å². The Bertz CT molecular complexity index is 815. The molecule has 3 rings (SSSR count). The average molecular weight is 366 g/mol. The lowest BCUT2D eigenvalue weighted by Crippen LogP contribution is -2.26. The second-order valence-electron chi connectivity index (χ2n) is 6.69. The van der Waals surface area contributed by atoms with Crippen molar-refractivity contribution in [3.05, 3.63) is 53.4 Å². The van der Waals surface area contributed by atoms with Crippen molar-refractivity contribution in [2.45, 2.75) is 39.0 Å². The summed E-state index contributed by atoms with van der Waals surface area (Å²) >= 11 is 0. The fourth-order valence-electron chi connectivity index (χ4n) is 3.10. The van der Waals surface area contributed by atoms with Crippen LogP contribution < -0.4 is 15.4 Å². The van der Waals surface area contributed by atoms with Crippen molar-refractivity contribution in [3.63, 3.8) is 0 Å². The van der Waals surface area contributed by atoms with E-state index in [1.165, 1.54) is 18.4 Å². The third-order valence-electron chi connectivity index (χ3n) is 4.55. The van der Waals surface area contributed by atoms with Gasteiger partial charge in [-0.15, -0.1) is 0 Å². The molecule has 27 heavy (non-hydrogen) atoms. The van der Waals surface area contributed by atoms with E-state index in [0.717, 1.165) is 36.4 Å². The zero-order valence-corrected chi connectivity index (χ0v) is 15.9. The van der Waals surface area contributed by atoms with Gasteiger partial charge in [-0.2, -0.15) is 0 Å². The highest BCUT2D eigenvalue weighted by Crippen LogP contribution is 2.20. The number of ether oxygens (including phenoxy) is 1. The highest BCUT2D eigenvalue weighted by molar-refractivity contribution is 5.92. The number of benzene rings is 1. The number of allylic oxidation sites excluding steroid dienone is 1. The minimum Gasteiger partial charge on any atom is -0.497 e. The van der Waals surface area contributed by atoms with Gasteiger partial charge in [0, 0.05) is 17.9 Å². The van der Waals surface area contributed by atoms with Crippen molar-refractivity contribution in [1.82, 2.24) is 15.3 Å². The number of aryl methyl sites for hydroxylation is 1. The van der Waals surface area contributed by atoms with Crippen LogP contribution in [0.25, 0.3) is 0 Å². The monoisotopic (exact) mass is 366 g/mol. The number of rotatable bonds is 7. The Kier molecular flexibility index (Phi) is 6.41. The van der Waals surface area contributed by atoms with Gasteiger partial charge in [0.15, 0.2) is 0 Å². The first kappa shape index (κ1) is 18.9. The Labute approximate surface area is 160 Å². The first-order chi connectivity index (χ1) is 13.1. The molecule has 2 aromatic rings. The first-order valence-electron chi connectivity index (χ1n) is 9.37. The predicted octanol–water partition coefficient (Wildman–Crippen LogP) is 4.16. The van der Waals surface area contributed by atoms with Crippen molar-refractivity contribution in [2.75, 3.05) is 19.0 Å². The molecule has 1 aliphatic rings. The Morgan fingerprint density at radius 2 is 2.00 bits per heavy atom. The smallest absolute Gasteiger partial charge is 0.270 e. The summed E-state index contributed by atoms with van der Waals surface area (Å²) in [4.78, 5) is 21.2. The Morgan fingerprint density at radius 1 is 1.19 bits per heavy atom. The predicted molar refractivity (Wildman–Crippen MR) is 107 cm³/mol. The van der Waals surface area contributed by atoms with Crippen LogP contribution in [-0.4, -0.2) is 29.5 Å². The molecule has 0 fully saturated rings. The highest BCUT2D eigenvalue weighted by atomic mass is 16.5. The number of nitrogens with one attached hydrogen (secondary N) is 2. The van der Waals surface area contributed by atoms with Crippen LogP contribution in [-0.2, 0) is 0 Å². The molecule has 6 nitrogen and oxygen atoms in total. The Morgan fingerprint density at radius 3 is 2.70 bits per heavy atom. The van der Waals surface area contributed by atoms with Gasteiger partial charge in [-0.3, -0.25) is 4.79 Å². The number of hydrogen-bond acceptors (Lipinski definition) is 5. The number of carbonyl (C=O) groups is 1. The summed E-state index contributed by atoms with van der Waals surface area (Å²) in [5.41, 5.74) is 3.39. The lowest BCUT2D eigenvalue weighted by molar-refractivity contribution is 0.0949. The molecule has 0 radical (unpaired) electrons. The van der Waals surface area contributed by atoms with Crippen LogP contribution in [0, 0.1) is 6.92 Å². The molecule has 1 aliphatic carbocycles. The van der Waals surface area contributed by atoms with Crippen LogP contribution in [0.5, 0.6) is 5.75 Å². The standard InChI is InChI=1S/C21H26N4O2/c1-15-14-19(20(26)22-13-12-16-6-4-3-5-7-16)25-21(23-15)24-17-8-10-18(27-2)11-9-17/h6,8-11,14H,3-5,7,12-13H2,1-2H3,(H,22,26)(H,23,24,25). The molecule has 1 aromatic carbocycles. The minimum atomic E-state index is -0.172. The number of methoxy groups -OCH3 is 1. The average Bonchev–Trinajstić information content (AvgIpc) is 2.69. The summed E-state index contributed by atoms with van der Waals surface area (Å²) in [5, 5.41) is 6.10. The summed E-state index contributed by atoms with van der Waals surface area (Å²) < 4.78 is 5.15. The van der Waals surface area contributed by atoms with E-state index in [1.54, 1.807) is 13.2 Å². The number of nitrogens with zero attached hydrogens (tertiary/aromatic N) is 2. The molecule has 0 saturated carbocycles. The summed E-state index contributed by atoms with van der Waals surface area (Å²) in [5.74, 6) is 1.01. The number of hydrogen-bond donors (Lipinski definition) is 2. The van der Waals surface area contributed by atoms with Crippen molar-refractivity contribution >= 4 is 17.5 Å². The third kappa shape index (κ3) is 5.54. The highest BCUT2D eigenvalue weighted by Gasteiger charge is 2.11. The van der Waals surface area contributed by atoms with Crippen molar-refractivity contribution in [1.29, 1.82) is 0 Å². The van der Waals surface area contributed by atoms with Crippen molar-refractivity contribution in [3.8, 4) is 5.75 Å². The van der Waals surface area contributed by atoms with Gasteiger partial charge in [-0.05, 0) is 69.4 Å². The van der Waals surface area contributed by atoms with Gasteiger partial charge in [0.2, 0.25) is 5.95 Å². The van der Waals surface area contributed by atoms with E-state index in [4.69, 9.17) is 4.74 Å². The molecular weight excluding hydrogens is 340 g/mol. The molecule has 0 spiro atoms. The number of amides is 1. The zero-order chi connectivity index (χ0) is 19.1. The quantitative estimate of drug-likeness (QED) is 0.720. The fraction of sp³-hybridized carbons (Fsp3) is 0.381. The molecule has 1 amide bonds. The van der Waals surface area contributed by atoms with Gasteiger partial charge in [0.1, 0.15) is 11.4 Å². The summed E-state index contributed by atoms with van der Waals surface area (Å²) in [6.07, 6.45) is 8.06. The Balaban J connectivity index is 1.61. The first-order valence-corrected chi connectivity index (χ1v) is 9.37. The molecule has 1 heterocycles. The normalized spacial score (nSPS) is 13.6. The zero-order valence-electron chi connectivity index (χ0n) is 15.9. The van der Waals surface area contributed by atoms with E-state index in [0.29, 0.717) is 18.2 Å². The lowest BCUT2D eigenvalue weighted by atomic mass is 9.97. The van der Waals surface area contributed by atoms with Crippen LogP contribution in [0.2, 0.25) is 0 Å². The van der Waals surface area contributed by atoms with E-state index < -0.39 is 0 Å². The van der Waals surface area contributed by atoms with Crippen LogP contribution in [0.4, 0.5) is 11.6 Å². The molecule has 6 heteroatoms. The molecule has 0 bridgehead atoms. The number of anilines is 2. The van der Waals surface area contributed by atoms with Gasteiger partial charge < -0.3 is 15.4 Å². The number of aromatic nitrogens is 2. The Hall–Kier alpha value is -2.89. The van der Waals surface area contributed by atoms with E-state index >= 15 is 0 Å². The fourth-order valence-corrected chi connectivity index (χ4v) is 3.10. The summed E-state index contributed by atoms with van der Waals surface area (Å²) in [6, 6.07) is 9.16. The van der Waals surface area contributed by atoms with E-state index in [9.17, 15) is 4.79 Å². The van der Waals surface area contributed by atoms with Gasteiger partial charge in [0.05, 0.1) is 7.11 Å². The van der Waals surface area contributed by atoms with Crippen LogP contribution >= 0.6 is 0 Å². The minimum absolute atomic E-state index is 0.172. The summed E-state index contributed by atoms with van der Waals surface area (Å²) in [6.45, 7) is 2.49. The molecular formula is C21H26N4O2. The molecule has 0 unspecified atom stereocenters. The molecule has 2 N–H and O–H groups in total. The van der Waals surface area contributed by atoms with Gasteiger partial charge in [0.25, 0.3) is 5.91 Å². The van der Waals surface area contributed by atoms with Crippen molar-refractivity contribution in [2.24, 2.45) is 0 Å². The lowest BCUT2D eigenvalue weighted by Gasteiger charge is -2.13. The topological polar surface area (TPSA) is 76.1 Å². The van der Waals surface area contributed by atoms with Gasteiger partial charge >= 0.3 is 0 Å². The van der Waals surface area contributed by atoms with Crippen LogP contribution in [0.15, 0.2) is 42.0 Å². The molecule has 0 aliphatic heterocycles. The second kappa shape index (κ2) is 9.16. The van der Waals surface area contributed by atoms with E-state index in [2.05, 4.69) is 26.7 Å². The number of carbonyl (C=O) groups excluding carboxylic acids is 1. The van der Waals surface area contributed by atoms with Crippen LogP contribution in [0.3, 0.4) is 0 Å². The maximum atomic E-state index is 12.5. The molecule has 1 aromatic heterocycles. The van der Waals surface area contributed by atoms with Crippen molar-refractivity contribution < 1.29 is 9.53 Å². The molecule has 0 saturated heterocycles. The largest absolute Gasteiger partial charge is 0.497 e. The second-order valence-corrected chi connectivity index (χ2v) is 6.69.